The number of aromatic nitrogens is 1. The van der Waals surface area contributed by atoms with Gasteiger partial charge in [0.1, 0.15) is 0 Å². The number of benzene rings is 2. The highest BCUT2D eigenvalue weighted by Gasteiger charge is 2.38. The molecule has 1 amide bonds. The molecule has 230 valence electrons. The number of hydrogen-bond acceptors (Lipinski definition) is 5. The summed E-state index contributed by atoms with van der Waals surface area (Å²) in [6, 6.07) is 12.3. The predicted molar refractivity (Wildman–Crippen MR) is 155 cm³/mol. The van der Waals surface area contributed by atoms with Gasteiger partial charge in [-0.1, -0.05) is 32.0 Å². The van der Waals surface area contributed by atoms with Gasteiger partial charge in [-0.05, 0) is 78.6 Å². The van der Waals surface area contributed by atoms with Gasteiger partial charge in [0.05, 0.1) is 16.8 Å². The van der Waals surface area contributed by atoms with Crippen LogP contribution in [0.5, 0.6) is 0 Å². The lowest BCUT2D eigenvalue weighted by atomic mass is 9.88. The standard InChI is InChI=1S/C27H36N4O3S.C2HF3O2/c1-4-35(33,34)31-10-8-20(9-11-31)25-17-30-26-23(25)13-22(14-24(26)27(28)32)21-7-5-6-19(12-21)16-29-15-18(2)3;3-2(4,5)1(6)7/h5-7,12-14,17-18,20,29-30H,4,8-11,15-16H2,1-3H3,(H2,28,32);(H,6,7). The van der Waals surface area contributed by atoms with Crippen molar-refractivity contribution >= 4 is 32.8 Å². The molecule has 2 heterocycles. The van der Waals surface area contributed by atoms with Crippen molar-refractivity contribution < 1.29 is 36.3 Å². The molecule has 42 heavy (non-hydrogen) atoms. The highest BCUT2D eigenvalue weighted by molar-refractivity contribution is 7.89. The van der Waals surface area contributed by atoms with Gasteiger partial charge >= 0.3 is 12.1 Å². The molecular weight excluding hydrogens is 573 g/mol. The van der Waals surface area contributed by atoms with Crippen molar-refractivity contribution in [3.8, 4) is 11.1 Å². The van der Waals surface area contributed by atoms with Gasteiger partial charge in [-0.25, -0.2) is 17.5 Å². The van der Waals surface area contributed by atoms with Gasteiger partial charge in [-0.3, -0.25) is 4.79 Å². The molecule has 1 fully saturated rings. The normalized spacial score (nSPS) is 15.0. The first-order valence-electron chi connectivity index (χ1n) is 13.7. The maximum absolute atomic E-state index is 12.4. The molecule has 0 atom stereocenters. The summed E-state index contributed by atoms with van der Waals surface area (Å²) in [5.41, 5.74) is 11.3. The maximum Gasteiger partial charge on any atom is 0.490 e. The van der Waals surface area contributed by atoms with Crippen molar-refractivity contribution in [1.82, 2.24) is 14.6 Å². The molecule has 9 nitrogen and oxygen atoms in total. The van der Waals surface area contributed by atoms with E-state index >= 15 is 0 Å². The van der Waals surface area contributed by atoms with Crippen LogP contribution in [0.15, 0.2) is 42.6 Å². The Hall–Kier alpha value is -3.42. The van der Waals surface area contributed by atoms with Crippen LogP contribution in [0.1, 0.15) is 61.0 Å². The van der Waals surface area contributed by atoms with Crippen molar-refractivity contribution in [1.29, 1.82) is 0 Å². The van der Waals surface area contributed by atoms with Crippen LogP contribution in [0.4, 0.5) is 13.2 Å². The number of nitrogens with zero attached hydrogens (tertiary/aromatic N) is 1. The fourth-order valence-corrected chi connectivity index (χ4v) is 6.08. The third-order valence-electron chi connectivity index (χ3n) is 7.12. The van der Waals surface area contributed by atoms with Crippen LogP contribution >= 0.6 is 0 Å². The van der Waals surface area contributed by atoms with Crippen LogP contribution in [0.25, 0.3) is 22.0 Å². The molecule has 4 rings (SSSR count). The number of alkyl halides is 3. The second-order valence-electron chi connectivity index (χ2n) is 10.7. The molecule has 1 saturated heterocycles. The number of rotatable bonds is 9. The molecule has 0 bridgehead atoms. The number of sulfonamides is 1. The van der Waals surface area contributed by atoms with Gasteiger partial charge in [0.15, 0.2) is 0 Å². The molecule has 1 aromatic heterocycles. The Balaban J connectivity index is 0.000000616. The molecular formula is C29H37F3N4O5S. The Morgan fingerprint density at radius 1 is 1.14 bits per heavy atom. The number of aromatic amines is 1. The van der Waals surface area contributed by atoms with E-state index in [-0.39, 0.29) is 11.7 Å². The van der Waals surface area contributed by atoms with E-state index in [9.17, 15) is 26.4 Å². The number of carbonyl (C=O) groups excluding carboxylic acids is 1. The zero-order valence-corrected chi connectivity index (χ0v) is 24.6. The molecule has 13 heteroatoms. The summed E-state index contributed by atoms with van der Waals surface area (Å²) >= 11 is 0. The van der Waals surface area contributed by atoms with Gasteiger partial charge in [0, 0.05) is 31.2 Å². The number of piperidine rings is 1. The van der Waals surface area contributed by atoms with E-state index in [0.29, 0.717) is 24.6 Å². The van der Waals surface area contributed by atoms with E-state index in [4.69, 9.17) is 15.6 Å². The first-order chi connectivity index (χ1) is 19.6. The second kappa shape index (κ2) is 13.7. The molecule has 0 spiro atoms. The number of nitrogens with two attached hydrogens (primary N) is 1. The maximum atomic E-state index is 12.4. The minimum absolute atomic E-state index is 0.127. The Morgan fingerprint density at radius 2 is 1.79 bits per heavy atom. The van der Waals surface area contributed by atoms with Crippen molar-refractivity contribution in [3.63, 3.8) is 0 Å². The van der Waals surface area contributed by atoms with Crippen molar-refractivity contribution in [3.05, 3.63) is 59.3 Å². The number of primary amides is 1. The summed E-state index contributed by atoms with van der Waals surface area (Å²) in [5, 5.41) is 11.6. The van der Waals surface area contributed by atoms with Crippen LogP contribution in [0.2, 0.25) is 0 Å². The van der Waals surface area contributed by atoms with E-state index in [1.807, 2.05) is 18.3 Å². The number of halogens is 3. The molecule has 0 saturated carbocycles. The van der Waals surface area contributed by atoms with Gasteiger partial charge in [-0.15, -0.1) is 0 Å². The van der Waals surface area contributed by atoms with Gasteiger partial charge in [0.2, 0.25) is 10.0 Å². The van der Waals surface area contributed by atoms with Crippen LogP contribution in [0.3, 0.4) is 0 Å². The highest BCUT2D eigenvalue weighted by Crippen LogP contribution is 2.37. The summed E-state index contributed by atoms with van der Waals surface area (Å²) in [4.78, 5) is 24.5. The quantitative estimate of drug-likeness (QED) is 0.273. The fraction of sp³-hybridized carbons (Fsp3) is 0.448. The Labute approximate surface area is 243 Å². The Morgan fingerprint density at radius 3 is 2.33 bits per heavy atom. The average Bonchev–Trinajstić information content (AvgIpc) is 3.36. The molecule has 0 aliphatic carbocycles. The van der Waals surface area contributed by atoms with Crippen LogP contribution in [0, 0.1) is 5.92 Å². The SMILES string of the molecule is CCS(=O)(=O)N1CCC(c2c[nH]c3c(C(N)=O)cc(-c4cccc(CNCC(C)C)c4)cc23)CC1.O=C(O)C(F)(F)F. The van der Waals surface area contributed by atoms with E-state index in [1.165, 1.54) is 5.56 Å². The number of H-pyrrole nitrogens is 1. The Bertz CT molecular complexity index is 1510. The third kappa shape index (κ3) is 8.33. The topological polar surface area (TPSA) is 146 Å². The zero-order chi connectivity index (χ0) is 31.2. The summed E-state index contributed by atoms with van der Waals surface area (Å²) in [6.07, 6.45) is -1.62. The van der Waals surface area contributed by atoms with E-state index in [1.54, 1.807) is 11.2 Å². The number of nitrogens with one attached hydrogen (secondary N) is 2. The average molecular weight is 611 g/mol. The summed E-state index contributed by atoms with van der Waals surface area (Å²) < 4.78 is 57.9. The molecule has 2 aromatic carbocycles. The molecule has 0 unspecified atom stereocenters. The number of fused-ring (bicyclic) bond motifs is 1. The van der Waals surface area contributed by atoms with Crippen LogP contribution < -0.4 is 11.1 Å². The fourth-order valence-electron chi connectivity index (χ4n) is 4.95. The summed E-state index contributed by atoms with van der Waals surface area (Å²) in [7, 11) is -3.17. The first kappa shape index (κ1) is 33.1. The Kier molecular flexibility index (Phi) is 10.8. The van der Waals surface area contributed by atoms with Crippen molar-refractivity contribution in [2.45, 2.75) is 52.3 Å². The summed E-state index contributed by atoms with van der Waals surface area (Å²) in [5.74, 6) is -2.30. The minimum atomic E-state index is -5.08. The number of aliphatic carboxylic acids is 1. The molecule has 0 radical (unpaired) electrons. The van der Waals surface area contributed by atoms with Crippen molar-refractivity contribution in [2.75, 3.05) is 25.4 Å². The monoisotopic (exact) mass is 610 g/mol. The summed E-state index contributed by atoms with van der Waals surface area (Å²) in [6.45, 7) is 8.82. The van der Waals surface area contributed by atoms with Gasteiger partial charge in [-0.2, -0.15) is 13.2 Å². The number of carboxylic acids is 1. The lowest BCUT2D eigenvalue weighted by Gasteiger charge is -2.31. The molecule has 3 aromatic rings. The highest BCUT2D eigenvalue weighted by atomic mass is 32.2. The van der Waals surface area contributed by atoms with Gasteiger partial charge in [0.25, 0.3) is 5.91 Å². The second-order valence-corrected chi connectivity index (χ2v) is 12.9. The number of carboxylic acid groups (broad SMARTS) is 1. The number of hydrogen-bond donors (Lipinski definition) is 4. The molecule has 1 aliphatic heterocycles. The third-order valence-corrected chi connectivity index (χ3v) is 9.00. The smallest absolute Gasteiger partial charge is 0.475 e. The largest absolute Gasteiger partial charge is 0.490 e. The zero-order valence-electron chi connectivity index (χ0n) is 23.8. The van der Waals surface area contributed by atoms with E-state index in [2.05, 4.69) is 48.4 Å². The van der Waals surface area contributed by atoms with Crippen LogP contribution in [-0.4, -0.2) is 66.3 Å². The predicted octanol–water partition coefficient (Wildman–Crippen LogP) is 4.84. The van der Waals surface area contributed by atoms with E-state index < -0.39 is 28.1 Å². The lowest BCUT2D eigenvalue weighted by molar-refractivity contribution is -0.192. The van der Waals surface area contributed by atoms with Crippen molar-refractivity contribution in [2.24, 2.45) is 11.7 Å². The molecule has 5 N–H and O–H groups in total. The molecule has 1 aliphatic rings. The van der Waals surface area contributed by atoms with Gasteiger partial charge < -0.3 is 21.1 Å². The number of carbonyl (C=O) groups is 2. The minimum Gasteiger partial charge on any atom is -0.475 e. The first-order valence-corrected chi connectivity index (χ1v) is 15.3. The lowest BCUT2D eigenvalue weighted by Crippen LogP contribution is -2.38. The van der Waals surface area contributed by atoms with E-state index in [0.717, 1.165) is 53.5 Å². The number of amides is 1. The van der Waals surface area contributed by atoms with Crippen LogP contribution in [-0.2, 0) is 21.4 Å².